The van der Waals surface area contributed by atoms with E-state index in [1.54, 1.807) is 11.7 Å². The zero-order valence-corrected chi connectivity index (χ0v) is 22.5. The van der Waals surface area contributed by atoms with Crippen LogP contribution >= 0.6 is 24.0 Å². The van der Waals surface area contributed by atoms with Crippen molar-refractivity contribution in [3.05, 3.63) is 101 Å². The molecule has 198 valence electrons. The molecule has 0 saturated carbocycles. The third kappa shape index (κ3) is 6.52. The Morgan fingerprint density at radius 3 is 2.77 bits per heavy atom. The number of H-pyrrole nitrogens is 1. The lowest BCUT2D eigenvalue weighted by molar-refractivity contribution is -0.213. The van der Waals surface area contributed by atoms with Gasteiger partial charge in [-0.15, -0.1) is 24.0 Å². The Morgan fingerprint density at radius 2 is 1.95 bits per heavy atom. The van der Waals surface area contributed by atoms with E-state index in [4.69, 9.17) is 0 Å². The quantitative estimate of drug-likeness (QED) is 0.0903. The molecule has 7 nitrogen and oxygen atoms in total. The first-order chi connectivity index (χ1) is 19.0. The Labute approximate surface area is 234 Å². The highest BCUT2D eigenvalue weighted by molar-refractivity contribution is 7.80. The largest absolute Gasteiger partial charge is 0.858 e. The van der Waals surface area contributed by atoms with E-state index in [0.29, 0.717) is 41.4 Å². The zero-order chi connectivity index (χ0) is 27.2. The Balaban J connectivity index is 1.27. The van der Waals surface area contributed by atoms with Gasteiger partial charge in [-0.25, -0.2) is 9.37 Å². The number of thiol groups is 1. The number of rotatable bonds is 10. The Bertz CT molecular complexity index is 1620. The second kappa shape index (κ2) is 12.2. The number of thiazole rings is 1. The minimum Gasteiger partial charge on any atom is -0.858 e. The molecule has 39 heavy (non-hydrogen) atoms. The van der Waals surface area contributed by atoms with Gasteiger partial charge in [0, 0.05) is 29.1 Å². The molecule has 0 saturated heterocycles. The average Bonchev–Trinajstić information content (AvgIpc) is 3.66. The Hall–Kier alpha value is -4.02. The Morgan fingerprint density at radius 1 is 1.10 bits per heavy atom. The lowest BCUT2D eigenvalue weighted by Crippen LogP contribution is -2.25. The van der Waals surface area contributed by atoms with E-state index in [-0.39, 0.29) is 17.4 Å². The van der Waals surface area contributed by atoms with Crippen molar-refractivity contribution in [3.8, 4) is 11.3 Å². The summed E-state index contributed by atoms with van der Waals surface area (Å²) in [5.41, 5.74) is 3.62. The SMILES string of the molecule is O=C(NCCCCC(N=C([O-])c1cncs1)c1ncc(-c2ccc3ccccc3c2)[nH]1)c1cc(F)ccc1S. The maximum Gasteiger partial charge on any atom is 0.252 e. The van der Waals surface area contributed by atoms with Crippen LogP contribution in [0, 0.1) is 5.82 Å². The number of nitrogens with zero attached hydrogens (tertiary/aromatic N) is 3. The predicted octanol–water partition coefficient (Wildman–Crippen LogP) is 5.56. The first-order valence-electron chi connectivity index (χ1n) is 12.4. The highest BCUT2D eigenvalue weighted by Gasteiger charge is 2.16. The lowest BCUT2D eigenvalue weighted by Gasteiger charge is -2.16. The summed E-state index contributed by atoms with van der Waals surface area (Å²) in [6.07, 6.45) is 5.12. The van der Waals surface area contributed by atoms with Crippen LogP contribution in [0.25, 0.3) is 22.0 Å². The molecule has 2 aromatic heterocycles. The maximum atomic E-state index is 13.5. The molecule has 10 heteroatoms. The normalized spacial score (nSPS) is 12.5. The van der Waals surface area contributed by atoms with Crippen LogP contribution in [0.4, 0.5) is 4.39 Å². The minimum absolute atomic E-state index is 0.193. The minimum atomic E-state index is -0.491. The summed E-state index contributed by atoms with van der Waals surface area (Å²) < 4.78 is 13.5. The topological polar surface area (TPSA) is 106 Å². The van der Waals surface area contributed by atoms with Crippen LogP contribution < -0.4 is 10.4 Å². The van der Waals surface area contributed by atoms with E-state index in [1.807, 2.05) is 18.2 Å². The second-order valence-corrected chi connectivity index (χ2v) is 10.3. The lowest BCUT2D eigenvalue weighted by atomic mass is 10.1. The molecular formula is C29H25FN5O2S2-. The van der Waals surface area contributed by atoms with E-state index in [1.165, 1.54) is 35.7 Å². The number of carbonyl (C=O) groups excluding carboxylic acids is 1. The smallest absolute Gasteiger partial charge is 0.252 e. The molecule has 0 bridgehead atoms. The van der Waals surface area contributed by atoms with Crippen LogP contribution in [0.15, 0.2) is 88.5 Å². The summed E-state index contributed by atoms with van der Waals surface area (Å²) in [5, 5.41) is 17.9. The molecule has 1 amide bonds. The summed E-state index contributed by atoms with van der Waals surface area (Å²) in [5.74, 6) is -0.618. The summed E-state index contributed by atoms with van der Waals surface area (Å²) in [6, 6.07) is 17.7. The fraction of sp³-hybridized carbons (Fsp3) is 0.172. The number of hydrogen-bond acceptors (Lipinski definition) is 7. The van der Waals surface area contributed by atoms with E-state index in [0.717, 1.165) is 22.0 Å². The first-order valence-corrected chi connectivity index (χ1v) is 13.7. The molecule has 0 aliphatic rings. The second-order valence-electron chi connectivity index (χ2n) is 8.97. The summed E-state index contributed by atoms with van der Waals surface area (Å²) in [7, 11) is 0. The molecule has 1 unspecified atom stereocenters. The molecular weight excluding hydrogens is 533 g/mol. The van der Waals surface area contributed by atoms with Gasteiger partial charge in [0.25, 0.3) is 5.91 Å². The maximum absolute atomic E-state index is 13.5. The van der Waals surface area contributed by atoms with Crippen molar-refractivity contribution in [3.63, 3.8) is 0 Å². The van der Waals surface area contributed by atoms with E-state index >= 15 is 0 Å². The number of aliphatic imine (C=N–C) groups is 1. The van der Waals surface area contributed by atoms with E-state index < -0.39 is 11.9 Å². The number of aromatic nitrogens is 3. The number of benzene rings is 3. The van der Waals surface area contributed by atoms with Crippen molar-refractivity contribution in [2.45, 2.75) is 30.2 Å². The number of fused-ring (bicyclic) bond motifs is 1. The third-order valence-corrected chi connectivity index (χ3v) is 7.43. The van der Waals surface area contributed by atoms with Gasteiger partial charge in [-0.2, -0.15) is 0 Å². The van der Waals surface area contributed by atoms with Crippen LogP contribution in [0.3, 0.4) is 0 Å². The van der Waals surface area contributed by atoms with Gasteiger partial charge in [0.05, 0.1) is 27.8 Å². The summed E-state index contributed by atoms with van der Waals surface area (Å²) >= 11 is 5.47. The van der Waals surface area contributed by atoms with Crippen molar-refractivity contribution in [2.75, 3.05) is 6.54 Å². The summed E-state index contributed by atoms with van der Waals surface area (Å²) in [4.78, 5) is 29.6. The molecule has 3 aromatic carbocycles. The molecule has 2 heterocycles. The van der Waals surface area contributed by atoms with Crippen LogP contribution in [-0.2, 0) is 0 Å². The van der Waals surface area contributed by atoms with Crippen LogP contribution in [0.5, 0.6) is 0 Å². The number of amides is 1. The number of nitrogens with one attached hydrogen (secondary N) is 2. The summed E-state index contributed by atoms with van der Waals surface area (Å²) in [6.45, 7) is 0.387. The van der Waals surface area contributed by atoms with Crippen molar-refractivity contribution in [2.24, 2.45) is 4.99 Å². The van der Waals surface area contributed by atoms with Crippen LogP contribution in [0.2, 0.25) is 0 Å². The standard InChI is InChI=1S/C29H26FN5O2S2/c30-21-10-11-25(38)22(14-21)28(36)32-12-4-3-7-23(35-29(37)26-16-31-17-39-26)27-33-15-24(34-27)20-9-8-18-5-1-2-6-19(18)13-20/h1-2,5-6,8-11,13-17,23,38H,3-4,7,12H2,(H,32,36)(H,33,34)(H,35,37)/p-1. The molecule has 2 N–H and O–H groups in total. The predicted molar refractivity (Wildman–Crippen MR) is 153 cm³/mol. The highest BCUT2D eigenvalue weighted by Crippen LogP contribution is 2.27. The number of aromatic amines is 1. The number of imidazole rings is 1. The van der Waals surface area contributed by atoms with Crippen molar-refractivity contribution >= 4 is 46.5 Å². The molecule has 5 aromatic rings. The van der Waals surface area contributed by atoms with Gasteiger partial charge in [-0.1, -0.05) is 36.4 Å². The number of unbranched alkanes of at least 4 members (excludes halogenated alkanes) is 1. The van der Waals surface area contributed by atoms with Crippen molar-refractivity contribution in [1.82, 2.24) is 20.3 Å². The fourth-order valence-corrected chi connectivity index (χ4v) is 5.00. The molecule has 0 aliphatic heterocycles. The van der Waals surface area contributed by atoms with Crippen LogP contribution in [-0.4, -0.2) is 33.3 Å². The molecule has 0 radical (unpaired) electrons. The van der Waals surface area contributed by atoms with Gasteiger partial charge >= 0.3 is 0 Å². The van der Waals surface area contributed by atoms with Gasteiger partial charge in [0.15, 0.2) is 0 Å². The molecule has 5 rings (SSSR count). The number of carbonyl (C=O) groups is 1. The van der Waals surface area contributed by atoms with E-state index in [2.05, 4.69) is 62.2 Å². The third-order valence-electron chi connectivity index (χ3n) is 6.28. The van der Waals surface area contributed by atoms with Crippen LogP contribution in [0.1, 0.15) is 46.4 Å². The van der Waals surface area contributed by atoms with Gasteiger partial charge < -0.3 is 15.4 Å². The van der Waals surface area contributed by atoms with Gasteiger partial charge in [0.1, 0.15) is 17.7 Å². The molecule has 0 spiro atoms. The Kier molecular flexibility index (Phi) is 8.33. The van der Waals surface area contributed by atoms with Gasteiger partial charge in [-0.05, 0) is 54.3 Å². The molecule has 0 fully saturated rings. The first kappa shape index (κ1) is 26.6. The fourth-order valence-electron chi connectivity index (χ4n) is 4.25. The van der Waals surface area contributed by atoms with Gasteiger partial charge in [-0.3, -0.25) is 14.8 Å². The van der Waals surface area contributed by atoms with Crippen molar-refractivity contribution < 1.29 is 14.3 Å². The zero-order valence-electron chi connectivity index (χ0n) is 20.8. The number of hydrogen-bond donors (Lipinski definition) is 3. The highest BCUT2D eigenvalue weighted by atomic mass is 32.1. The van der Waals surface area contributed by atoms with E-state index in [9.17, 15) is 14.3 Å². The van der Waals surface area contributed by atoms with Crippen molar-refractivity contribution in [1.29, 1.82) is 0 Å². The monoisotopic (exact) mass is 558 g/mol. The average molecular weight is 559 g/mol. The number of halogens is 1. The van der Waals surface area contributed by atoms with Gasteiger partial charge in [0.2, 0.25) is 0 Å². The molecule has 0 aliphatic carbocycles. The molecule has 1 atom stereocenters.